The molecule has 0 fully saturated rings. The summed E-state index contributed by atoms with van der Waals surface area (Å²) in [7, 11) is 3.36. The highest BCUT2D eigenvalue weighted by Gasteiger charge is 2.13. The van der Waals surface area contributed by atoms with Gasteiger partial charge in [0.1, 0.15) is 0 Å². The Morgan fingerprint density at radius 2 is 1.79 bits per heavy atom. The SMILES string of the molecule is CN=C(NCC(=O)NC(C)(C)C)NCc1ccccc1COC.I. The molecule has 0 aliphatic heterocycles. The van der Waals surface area contributed by atoms with Gasteiger partial charge in [-0.25, -0.2) is 0 Å². The van der Waals surface area contributed by atoms with E-state index in [2.05, 4.69) is 20.9 Å². The summed E-state index contributed by atoms with van der Waals surface area (Å²) in [6.45, 7) is 7.20. The van der Waals surface area contributed by atoms with Crippen LogP contribution in [-0.2, 0) is 22.7 Å². The largest absolute Gasteiger partial charge is 0.380 e. The number of hydrogen-bond donors (Lipinski definition) is 3. The van der Waals surface area contributed by atoms with E-state index in [9.17, 15) is 4.79 Å². The quantitative estimate of drug-likeness (QED) is 0.354. The van der Waals surface area contributed by atoms with Gasteiger partial charge < -0.3 is 20.7 Å². The number of carbonyl (C=O) groups is 1. The molecular weight excluding hydrogens is 419 g/mol. The first-order valence-corrected chi connectivity index (χ1v) is 7.67. The summed E-state index contributed by atoms with van der Waals surface area (Å²) in [4.78, 5) is 16.0. The first-order valence-electron chi connectivity index (χ1n) is 7.67. The molecule has 0 aliphatic rings. The predicted molar refractivity (Wildman–Crippen MR) is 109 cm³/mol. The van der Waals surface area contributed by atoms with Crippen molar-refractivity contribution in [1.82, 2.24) is 16.0 Å². The predicted octanol–water partition coefficient (Wildman–Crippen LogP) is 2.03. The molecule has 0 bridgehead atoms. The zero-order valence-electron chi connectivity index (χ0n) is 15.1. The van der Waals surface area contributed by atoms with Gasteiger partial charge in [0.25, 0.3) is 0 Å². The molecule has 7 heteroatoms. The second kappa shape index (κ2) is 11.2. The zero-order valence-corrected chi connectivity index (χ0v) is 17.4. The third kappa shape index (κ3) is 9.07. The summed E-state index contributed by atoms with van der Waals surface area (Å²) >= 11 is 0. The van der Waals surface area contributed by atoms with Crippen LogP contribution in [0.3, 0.4) is 0 Å². The molecule has 1 aromatic carbocycles. The van der Waals surface area contributed by atoms with Crippen molar-refractivity contribution in [3.05, 3.63) is 35.4 Å². The number of guanidine groups is 1. The highest BCUT2D eigenvalue weighted by molar-refractivity contribution is 14.0. The minimum atomic E-state index is -0.241. The van der Waals surface area contributed by atoms with Gasteiger partial charge in [0.05, 0.1) is 13.2 Å². The Balaban J connectivity index is 0.00000529. The third-order valence-electron chi connectivity index (χ3n) is 3.02. The van der Waals surface area contributed by atoms with E-state index in [-0.39, 0.29) is 42.0 Å². The fourth-order valence-corrected chi connectivity index (χ4v) is 2.05. The monoisotopic (exact) mass is 448 g/mol. The van der Waals surface area contributed by atoms with Crippen LogP contribution in [0.2, 0.25) is 0 Å². The average Bonchev–Trinajstić information content (AvgIpc) is 2.47. The van der Waals surface area contributed by atoms with Gasteiger partial charge in [-0.3, -0.25) is 9.79 Å². The number of ether oxygens (including phenoxy) is 1. The molecule has 0 spiro atoms. The van der Waals surface area contributed by atoms with Crippen LogP contribution in [0, 0.1) is 0 Å². The summed E-state index contributed by atoms with van der Waals surface area (Å²) < 4.78 is 5.20. The fourth-order valence-electron chi connectivity index (χ4n) is 2.05. The molecule has 0 aromatic heterocycles. The number of methoxy groups -OCH3 is 1. The molecule has 1 rings (SSSR count). The van der Waals surface area contributed by atoms with Gasteiger partial charge in [0.2, 0.25) is 5.91 Å². The molecule has 0 saturated carbocycles. The standard InChI is InChI=1S/C17H28N4O2.HI/c1-17(2,3)21-15(22)11-20-16(18-4)19-10-13-8-6-7-9-14(13)12-23-5;/h6-9H,10-12H2,1-5H3,(H,21,22)(H2,18,19,20);1H. The summed E-state index contributed by atoms with van der Waals surface area (Å²) in [5.41, 5.74) is 2.02. The number of hydrogen-bond acceptors (Lipinski definition) is 3. The lowest BCUT2D eigenvalue weighted by Crippen LogP contribution is -2.48. The number of rotatable bonds is 6. The van der Waals surface area contributed by atoms with E-state index in [1.54, 1.807) is 14.2 Å². The van der Waals surface area contributed by atoms with Crippen LogP contribution in [0.4, 0.5) is 0 Å². The zero-order chi connectivity index (χ0) is 17.3. The number of amides is 1. The molecule has 24 heavy (non-hydrogen) atoms. The molecule has 3 N–H and O–H groups in total. The van der Waals surface area contributed by atoms with E-state index in [1.807, 2.05) is 45.0 Å². The molecule has 0 unspecified atom stereocenters. The van der Waals surface area contributed by atoms with Crippen LogP contribution in [0.1, 0.15) is 31.9 Å². The Bertz CT molecular complexity index is 542. The van der Waals surface area contributed by atoms with Crippen molar-refractivity contribution in [2.45, 2.75) is 39.5 Å². The molecule has 1 aromatic rings. The number of halogens is 1. The van der Waals surface area contributed by atoms with Crippen LogP contribution >= 0.6 is 24.0 Å². The lowest BCUT2D eigenvalue weighted by Gasteiger charge is -2.21. The van der Waals surface area contributed by atoms with Gasteiger partial charge in [0, 0.05) is 26.2 Å². The number of nitrogens with one attached hydrogen (secondary N) is 3. The summed E-state index contributed by atoms with van der Waals surface area (Å²) in [6, 6.07) is 8.05. The first kappa shape index (κ1) is 22.6. The van der Waals surface area contributed by atoms with Crippen molar-refractivity contribution in [2.24, 2.45) is 4.99 Å². The first-order chi connectivity index (χ1) is 10.9. The maximum Gasteiger partial charge on any atom is 0.239 e. The topological polar surface area (TPSA) is 74.8 Å². The number of benzene rings is 1. The molecular formula is C17H29IN4O2. The van der Waals surface area contributed by atoms with Crippen molar-refractivity contribution < 1.29 is 9.53 Å². The fraction of sp³-hybridized carbons (Fsp3) is 0.529. The maximum absolute atomic E-state index is 11.8. The van der Waals surface area contributed by atoms with Crippen LogP contribution in [0.25, 0.3) is 0 Å². The second-order valence-electron chi connectivity index (χ2n) is 6.28. The second-order valence-corrected chi connectivity index (χ2v) is 6.28. The van der Waals surface area contributed by atoms with Gasteiger partial charge in [0.15, 0.2) is 5.96 Å². The minimum Gasteiger partial charge on any atom is -0.380 e. The average molecular weight is 448 g/mol. The molecule has 1 amide bonds. The Morgan fingerprint density at radius 1 is 1.17 bits per heavy atom. The normalized spacial score (nSPS) is 11.5. The van der Waals surface area contributed by atoms with Crippen molar-refractivity contribution in [3.8, 4) is 0 Å². The van der Waals surface area contributed by atoms with E-state index >= 15 is 0 Å². The van der Waals surface area contributed by atoms with Gasteiger partial charge >= 0.3 is 0 Å². The summed E-state index contributed by atoms with van der Waals surface area (Å²) in [5.74, 6) is 0.515. The molecule has 0 aliphatic carbocycles. The molecule has 136 valence electrons. The van der Waals surface area contributed by atoms with Crippen LogP contribution < -0.4 is 16.0 Å². The van der Waals surface area contributed by atoms with Crippen LogP contribution in [0.15, 0.2) is 29.3 Å². The summed E-state index contributed by atoms with van der Waals surface area (Å²) in [6.07, 6.45) is 0. The Hall–Kier alpha value is -1.35. The number of carbonyl (C=O) groups excluding carboxylic acids is 1. The van der Waals surface area contributed by atoms with E-state index in [0.29, 0.717) is 19.1 Å². The van der Waals surface area contributed by atoms with Gasteiger partial charge in [-0.05, 0) is 31.9 Å². The molecule has 0 radical (unpaired) electrons. The third-order valence-corrected chi connectivity index (χ3v) is 3.02. The number of aliphatic imine (C=N–C) groups is 1. The minimum absolute atomic E-state index is 0. The smallest absolute Gasteiger partial charge is 0.239 e. The van der Waals surface area contributed by atoms with Gasteiger partial charge in [-0.15, -0.1) is 24.0 Å². The molecule has 0 atom stereocenters. The Labute approximate surface area is 161 Å². The Kier molecular flexibility index (Phi) is 10.6. The Morgan fingerprint density at radius 3 is 2.33 bits per heavy atom. The molecule has 6 nitrogen and oxygen atoms in total. The number of nitrogens with zero attached hydrogens (tertiary/aromatic N) is 1. The van der Waals surface area contributed by atoms with Gasteiger partial charge in [-0.2, -0.15) is 0 Å². The van der Waals surface area contributed by atoms with E-state index in [1.165, 1.54) is 0 Å². The lowest BCUT2D eigenvalue weighted by molar-refractivity contribution is -0.121. The van der Waals surface area contributed by atoms with Crippen molar-refractivity contribution in [3.63, 3.8) is 0 Å². The van der Waals surface area contributed by atoms with Crippen molar-refractivity contribution >= 4 is 35.8 Å². The highest BCUT2D eigenvalue weighted by Crippen LogP contribution is 2.09. The highest BCUT2D eigenvalue weighted by atomic mass is 127. The molecule has 0 saturated heterocycles. The van der Waals surface area contributed by atoms with E-state index in [0.717, 1.165) is 11.1 Å². The maximum atomic E-state index is 11.8. The lowest BCUT2D eigenvalue weighted by atomic mass is 10.1. The molecule has 0 heterocycles. The van der Waals surface area contributed by atoms with Gasteiger partial charge in [-0.1, -0.05) is 24.3 Å². The summed E-state index contributed by atoms with van der Waals surface area (Å²) in [5, 5.41) is 9.11. The van der Waals surface area contributed by atoms with Crippen LogP contribution in [-0.4, -0.2) is 38.1 Å². The van der Waals surface area contributed by atoms with Crippen molar-refractivity contribution in [2.75, 3.05) is 20.7 Å². The van der Waals surface area contributed by atoms with E-state index in [4.69, 9.17) is 4.74 Å². The van der Waals surface area contributed by atoms with Crippen molar-refractivity contribution in [1.29, 1.82) is 0 Å². The van der Waals surface area contributed by atoms with Crippen LogP contribution in [0.5, 0.6) is 0 Å². The van der Waals surface area contributed by atoms with E-state index < -0.39 is 0 Å².